The maximum Gasteiger partial charge on any atom is 0.411 e. The summed E-state index contributed by atoms with van der Waals surface area (Å²) in [5.74, 6) is -1.78. The fourth-order valence-electron chi connectivity index (χ4n) is 4.45. The Hall–Kier alpha value is -4.81. The Kier molecular flexibility index (Phi) is 16.0. The van der Waals surface area contributed by atoms with Gasteiger partial charge in [0, 0.05) is 31.5 Å². The molecule has 3 atom stereocenters. The van der Waals surface area contributed by atoms with Crippen LogP contribution >= 0.6 is 0 Å². The monoisotopic (exact) mass is 677 g/mol. The maximum absolute atomic E-state index is 13.2. The Bertz CT molecular complexity index is 1370. The third-order valence-corrected chi connectivity index (χ3v) is 6.66. The molecule has 0 radical (unpaired) electrons. The highest BCUT2D eigenvalue weighted by atomic mass is 16.7. The minimum atomic E-state index is -1.29. The standard InChI is InChI=1S/C31H39N3O14/c32-5-7-42-9-10-43-8-6-33-29(38)24-12-21(2-4-26(24)47-28-14-23(37)13-27(48-28)30(39)40)16-46-31(41)34-25-3-1-20(15-44-18-35)11-22(25)17-45-19-36/h1-4,11-12,18-19,23,27-28,37H,5-10,13-17,32H2,(H,33,38)(H,34,41)(H,39,40). The summed E-state index contributed by atoms with van der Waals surface area (Å²) in [5, 5.41) is 24.8. The Balaban J connectivity index is 1.69. The first kappa shape index (κ1) is 37.6. The van der Waals surface area contributed by atoms with E-state index in [-0.39, 0.29) is 69.3 Å². The van der Waals surface area contributed by atoms with Crippen LogP contribution < -0.4 is 21.1 Å². The molecule has 0 aliphatic carbocycles. The number of carboxylic acid groups (broad SMARTS) is 1. The van der Waals surface area contributed by atoms with E-state index in [0.29, 0.717) is 49.5 Å². The number of rotatable bonds is 21. The smallest absolute Gasteiger partial charge is 0.411 e. The molecule has 0 aromatic heterocycles. The van der Waals surface area contributed by atoms with Gasteiger partial charge in [-0.25, -0.2) is 9.59 Å². The van der Waals surface area contributed by atoms with Crippen molar-refractivity contribution in [1.82, 2.24) is 5.32 Å². The Labute approximate surface area is 275 Å². The molecular formula is C31H39N3O14. The maximum atomic E-state index is 13.2. The fourth-order valence-corrected chi connectivity index (χ4v) is 4.45. The van der Waals surface area contributed by atoms with Crippen LogP contribution in [0.25, 0.3) is 0 Å². The van der Waals surface area contributed by atoms with Gasteiger partial charge in [0.25, 0.3) is 18.9 Å². The molecule has 6 N–H and O–H groups in total. The van der Waals surface area contributed by atoms with E-state index in [4.69, 9.17) is 38.9 Å². The number of hydrogen-bond donors (Lipinski definition) is 5. The number of carbonyl (C=O) groups is 5. The van der Waals surface area contributed by atoms with Crippen molar-refractivity contribution in [2.75, 3.05) is 44.8 Å². The molecule has 0 bridgehead atoms. The molecule has 17 nitrogen and oxygen atoms in total. The Morgan fingerprint density at radius 3 is 2.35 bits per heavy atom. The summed E-state index contributed by atoms with van der Waals surface area (Å²) in [6.45, 7) is 1.83. The predicted molar refractivity (Wildman–Crippen MR) is 164 cm³/mol. The molecule has 3 rings (SSSR count). The second-order valence-electron chi connectivity index (χ2n) is 10.2. The highest BCUT2D eigenvalue weighted by Gasteiger charge is 2.34. The molecule has 0 saturated carbocycles. The van der Waals surface area contributed by atoms with E-state index >= 15 is 0 Å². The van der Waals surface area contributed by atoms with Crippen LogP contribution in [0, 0.1) is 0 Å². The van der Waals surface area contributed by atoms with Crippen molar-refractivity contribution < 1.29 is 67.3 Å². The number of carboxylic acids is 1. The van der Waals surface area contributed by atoms with E-state index < -0.39 is 36.5 Å². The van der Waals surface area contributed by atoms with Gasteiger partial charge in [0.2, 0.25) is 6.29 Å². The summed E-state index contributed by atoms with van der Waals surface area (Å²) in [7, 11) is 0. The molecule has 1 aliphatic rings. The van der Waals surface area contributed by atoms with E-state index in [1.807, 2.05) is 0 Å². The first-order valence-electron chi connectivity index (χ1n) is 14.9. The predicted octanol–water partition coefficient (Wildman–Crippen LogP) is 0.832. The number of aliphatic hydroxyl groups excluding tert-OH is 1. The van der Waals surface area contributed by atoms with Crippen LogP contribution in [0.1, 0.15) is 39.9 Å². The third-order valence-electron chi connectivity index (χ3n) is 6.66. The van der Waals surface area contributed by atoms with Gasteiger partial charge in [-0.3, -0.25) is 19.7 Å². The average Bonchev–Trinajstić information content (AvgIpc) is 3.07. The quantitative estimate of drug-likeness (QED) is 0.0698. The number of hydrogen-bond acceptors (Lipinski definition) is 14. The van der Waals surface area contributed by atoms with Crippen molar-refractivity contribution in [3.05, 3.63) is 58.7 Å². The van der Waals surface area contributed by atoms with Crippen molar-refractivity contribution in [3.63, 3.8) is 0 Å². The van der Waals surface area contributed by atoms with Crippen molar-refractivity contribution in [2.45, 2.75) is 51.2 Å². The largest absolute Gasteiger partial charge is 0.479 e. The van der Waals surface area contributed by atoms with Gasteiger partial charge >= 0.3 is 12.1 Å². The van der Waals surface area contributed by atoms with Gasteiger partial charge < -0.3 is 54.4 Å². The number of aliphatic hydroxyl groups is 1. The molecule has 2 aromatic rings. The summed E-state index contributed by atoms with van der Waals surface area (Å²) in [6, 6.07) is 9.11. The summed E-state index contributed by atoms with van der Waals surface area (Å²) in [4.78, 5) is 58.6. The summed E-state index contributed by atoms with van der Waals surface area (Å²) in [5.41, 5.74) is 7.08. The fraction of sp³-hybridized carbons (Fsp3) is 0.452. The zero-order valence-electron chi connectivity index (χ0n) is 26.0. The van der Waals surface area contributed by atoms with Crippen LogP contribution in [-0.4, -0.2) is 99.1 Å². The van der Waals surface area contributed by atoms with E-state index in [1.165, 1.54) is 24.3 Å². The molecule has 2 aromatic carbocycles. The number of carbonyl (C=O) groups excluding carboxylic acids is 4. The second-order valence-corrected chi connectivity index (χ2v) is 10.2. The number of nitrogens with two attached hydrogens (primary N) is 1. The van der Waals surface area contributed by atoms with Gasteiger partial charge in [0.05, 0.1) is 43.8 Å². The number of ether oxygens (including phenoxy) is 7. The van der Waals surface area contributed by atoms with Gasteiger partial charge in [0.15, 0.2) is 6.10 Å². The lowest BCUT2D eigenvalue weighted by Crippen LogP contribution is -2.42. The van der Waals surface area contributed by atoms with Gasteiger partial charge in [-0.2, -0.15) is 0 Å². The summed E-state index contributed by atoms with van der Waals surface area (Å²) < 4.78 is 36.8. The molecule has 262 valence electrons. The number of aliphatic carboxylic acids is 1. The van der Waals surface area contributed by atoms with E-state index in [9.17, 15) is 34.2 Å². The van der Waals surface area contributed by atoms with Crippen LogP contribution in [0.15, 0.2) is 36.4 Å². The Morgan fingerprint density at radius 1 is 0.917 bits per heavy atom. The molecule has 1 saturated heterocycles. The molecular weight excluding hydrogens is 638 g/mol. The van der Waals surface area contributed by atoms with Crippen molar-refractivity contribution in [1.29, 1.82) is 0 Å². The highest BCUT2D eigenvalue weighted by Crippen LogP contribution is 2.27. The Morgan fingerprint density at radius 2 is 1.62 bits per heavy atom. The lowest BCUT2D eigenvalue weighted by molar-refractivity contribution is -0.195. The number of anilines is 1. The van der Waals surface area contributed by atoms with Crippen molar-refractivity contribution in [3.8, 4) is 5.75 Å². The normalized spacial score (nSPS) is 17.1. The van der Waals surface area contributed by atoms with Crippen molar-refractivity contribution >= 4 is 36.6 Å². The van der Waals surface area contributed by atoms with Crippen LogP contribution in [0.5, 0.6) is 5.75 Å². The van der Waals surface area contributed by atoms with Crippen LogP contribution in [-0.2, 0) is 62.6 Å². The molecule has 2 amide bonds. The second kappa shape index (κ2) is 20.4. The minimum absolute atomic E-state index is 0.0250. The topological polar surface area (TPSA) is 240 Å². The van der Waals surface area contributed by atoms with Crippen LogP contribution in [0.2, 0.25) is 0 Å². The molecule has 48 heavy (non-hydrogen) atoms. The molecule has 1 aliphatic heterocycles. The van der Waals surface area contributed by atoms with E-state index in [2.05, 4.69) is 10.6 Å². The first-order chi connectivity index (χ1) is 23.2. The number of amides is 2. The number of benzene rings is 2. The van der Waals surface area contributed by atoms with Gasteiger partial charge in [-0.1, -0.05) is 12.1 Å². The molecule has 17 heteroatoms. The number of nitrogens with one attached hydrogen (secondary N) is 2. The van der Waals surface area contributed by atoms with E-state index in [1.54, 1.807) is 12.1 Å². The van der Waals surface area contributed by atoms with Gasteiger partial charge in [-0.05, 0) is 35.4 Å². The zero-order chi connectivity index (χ0) is 34.7. The van der Waals surface area contributed by atoms with E-state index in [0.717, 1.165) is 0 Å². The molecule has 1 heterocycles. The summed E-state index contributed by atoms with van der Waals surface area (Å²) >= 11 is 0. The van der Waals surface area contributed by atoms with Crippen LogP contribution in [0.4, 0.5) is 10.5 Å². The lowest BCUT2D eigenvalue weighted by atomic mass is 10.0. The molecule has 3 unspecified atom stereocenters. The lowest BCUT2D eigenvalue weighted by Gasteiger charge is -2.31. The SMILES string of the molecule is NCCOCCOCCNC(=O)c1cc(COC(=O)Nc2ccc(COC=O)cc2COC=O)ccc1OC1CC(O)CC(C(=O)O)O1. The van der Waals surface area contributed by atoms with Gasteiger partial charge in [0.1, 0.15) is 25.6 Å². The third kappa shape index (κ3) is 12.8. The van der Waals surface area contributed by atoms with Crippen molar-refractivity contribution in [2.24, 2.45) is 5.73 Å². The molecule has 1 fully saturated rings. The molecule has 0 spiro atoms. The first-order valence-corrected chi connectivity index (χ1v) is 14.9. The van der Waals surface area contributed by atoms with Crippen LogP contribution in [0.3, 0.4) is 0 Å². The summed E-state index contributed by atoms with van der Waals surface area (Å²) in [6.07, 6.45) is -4.43. The minimum Gasteiger partial charge on any atom is -0.479 e. The average molecular weight is 678 g/mol. The van der Waals surface area contributed by atoms with Gasteiger partial charge in [-0.15, -0.1) is 0 Å². The zero-order valence-corrected chi connectivity index (χ0v) is 26.0. The highest BCUT2D eigenvalue weighted by molar-refractivity contribution is 5.97.